The molecule has 56 valence electrons. The topological polar surface area (TPSA) is 0 Å². The van der Waals surface area contributed by atoms with Crippen LogP contribution in [0.2, 0.25) is 0 Å². The molecule has 0 aromatic rings. The Labute approximate surface area is 64.0 Å². The Morgan fingerprint density at radius 3 is 2.60 bits per heavy atom. The van der Waals surface area contributed by atoms with E-state index in [2.05, 4.69) is 25.7 Å². The quantitative estimate of drug-likeness (QED) is 0.401. The molecule has 0 heteroatoms. The largest absolute Gasteiger partial charge is 0.0991 e. The minimum absolute atomic E-state index is 1.19. The summed E-state index contributed by atoms with van der Waals surface area (Å²) in [6.07, 6.45) is 13.7. The first kappa shape index (κ1) is 9.22. The summed E-state index contributed by atoms with van der Waals surface area (Å²) in [5, 5.41) is 0. The number of allylic oxidation sites excluding steroid dienone is 5. The molecule has 0 saturated carbocycles. The van der Waals surface area contributed by atoms with E-state index in [-0.39, 0.29) is 0 Å². The van der Waals surface area contributed by atoms with E-state index in [1.54, 1.807) is 6.08 Å². The van der Waals surface area contributed by atoms with Crippen LogP contribution >= 0.6 is 0 Å². The Morgan fingerprint density at radius 1 is 1.20 bits per heavy atom. The lowest BCUT2D eigenvalue weighted by Gasteiger charge is -1.84. The second-order valence-electron chi connectivity index (χ2n) is 2.19. The first-order valence-corrected chi connectivity index (χ1v) is 3.86. The molecule has 0 spiro atoms. The summed E-state index contributed by atoms with van der Waals surface area (Å²) in [6, 6.07) is 0. The molecule has 0 amide bonds. The predicted octanol–water partition coefficient (Wildman–Crippen LogP) is 3.48. The van der Waals surface area contributed by atoms with Gasteiger partial charge in [-0.15, -0.1) is 0 Å². The van der Waals surface area contributed by atoms with Gasteiger partial charge in [-0.25, -0.2) is 0 Å². The van der Waals surface area contributed by atoms with Gasteiger partial charge in [0.1, 0.15) is 0 Å². The predicted molar refractivity (Wildman–Crippen MR) is 48.0 cm³/mol. The molecule has 0 aromatic heterocycles. The van der Waals surface area contributed by atoms with Gasteiger partial charge in [0.05, 0.1) is 0 Å². The van der Waals surface area contributed by atoms with Gasteiger partial charge in [0.25, 0.3) is 0 Å². The van der Waals surface area contributed by atoms with Crippen molar-refractivity contribution in [3.05, 3.63) is 37.0 Å². The third-order valence-electron chi connectivity index (χ3n) is 1.22. The SMILES string of the molecule is C=C/C=C\C=C/CCCC. The molecular weight excluding hydrogens is 120 g/mol. The Kier molecular flexibility index (Phi) is 7.58. The van der Waals surface area contributed by atoms with Crippen LogP contribution in [0.25, 0.3) is 0 Å². The molecule has 0 aromatic carbocycles. The van der Waals surface area contributed by atoms with Gasteiger partial charge in [-0.3, -0.25) is 0 Å². The maximum Gasteiger partial charge on any atom is -0.0348 e. The van der Waals surface area contributed by atoms with Gasteiger partial charge in [0.2, 0.25) is 0 Å². The third kappa shape index (κ3) is 7.22. The fraction of sp³-hybridized carbons (Fsp3) is 0.400. The van der Waals surface area contributed by atoms with Crippen LogP contribution in [0.15, 0.2) is 37.0 Å². The summed E-state index contributed by atoms with van der Waals surface area (Å²) in [7, 11) is 0. The van der Waals surface area contributed by atoms with Crippen LogP contribution in [0, 0.1) is 0 Å². The molecule has 0 unspecified atom stereocenters. The van der Waals surface area contributed by atoms with Gasteiger partial charge in [0.15, 0.2) is 0 Å². The molecule has 0 fully saturated rings. The van der Waals surface area contributed by atoms with Crippen LogP contribution < -0.4 is 0 Å². The molecule has 10 heavy (non-hydrogen) atoms. The van der Waals surface area contributed by atoms with Crippen molar-refractivity contribution in [3.63, 3.8) is 0 Å². The summed E-state index contributed by atoms with van der Waals surface area (Å²) < 4.78 is 0. The molecule has 0 radical (unpaired) electrons. The number of hydrogen-bond donors (Lipinski definition) is 0. The Balaban J connectivity index is 3.19. The number of rotatable bonds is 5. The lowest BCUT2D eigenvalue weighted by atomic mass is 10.2. The van der Waals surface area contributed by atoms with Crippen LogP contribution in [0.1, 0.15) is 26.2 Å². The maximum atomic E-state index is 3.57. The van der Waals surface area contributed by atoms with E-state index in [0.29, 0.717) is 0 Å². The molecule has 0 aliphatic carbocycles. The van der Waals surface area contributed by atoms with E-state index in [0.717, 1.165) is 0 Å². The maximum absolute atomic E-state index is 3.57. The van der Waals surface area contributed by atoms with E-state index >= 15 is 0 Å². The van der Waals surface area contributed by atoms with Crippen molar-refractivity contribution < 1.29 is 0 Å². The molecule has 0 N–H and O–H groups in total. The highest BCUT2D eigenvalue weighted by Gasteiger charge is 1.74. The van der Waals surface area contributed by atoms with Gasteiger partial charge in [-0.05, 0) is 6.42 Å². The molecule has 0 rings (SSSR count). The number of unbranched alkanes of at least 4 members (excludes halogenated alkanes) is 2. The van der Waals surface area contributed by atoms with Crippen molar-refractivity contribution in [2.75, 3.05) is 0 Å². The van der Waals surface area contributed by atoms with Crippen LogP contribution in [-0.2, 0) is 0 Å². The van der Waals surface area contributed by atoms with Gasteiger partial charge in [0, 0.05) is 0 Å². The standard InChI is InChI=1S/C10H16/c1-3-5-7-9-10-8-6-4-2/h3,5,7,9-10H,1,4,6,8H2,2H3/b7-5-,10-9-. The smallest absolute Gasteiger partial charge is 0.0348 e. The van der Waals surface area contributed by atoms with Gasteiger partial charge in [-0.1, -0.05) is 56.7 Å². The highest BCUT2D eigenvalue weighted by Crippen LogP contribution is 1.94. The molecule has 0 aliphatic heterocycles. The van der Waals surface area contributed by atoms with E-state index in [9.17, 15) is 0 Å². The summed E-state index contributed by atoms with van der Waals surface area (Å²) in [5.41, 5.74) is 0. The van der Waals surface area contributed by atoms with Crippen LogP contribution in [0.4, 0.5) is 0 Å². The molecular formula is C10H16. The molecule has 0 saturated heterocycles. The lowest BCUT2D eigenvalue weighted by molar-refractivity contribution is 0.815. The molecule has 0 nitrogen and oxygen atoms in total. The fourth-order valence-electron chi connectivity index (χ4n) is 0.639. The van der Waals surface area contributed by atoms with Crippen LogP contribution in [-0.4, -0.2) is 0 Å². The van der Waals surface area contributed by atoms with Gasteiger partial charge >= 0.3 is 0 Å². The second-order valence-corrected chi connectivity index (χ2v) is 2.19. The first-order chi connectivity index (χ1) is 4.91. The second kappa shape index (κ2) is 8.22. The highest BCUT2D eigenvalue weighted by atomic mass is 13.8. The van der Waals surface area contributed by atoms with Crippen molar-refractivity contribution in [1.29, 1.82) is 0 Å². The average molecular weight is 136 g/mol. The molecule has 0 aliphatic rings. The zero-order valence-electron chi connectivity index (χ0n) is 6.72. The molecule has 0 atom stereocenters. The highest BCUT2D eigenvalue weighted by molar-refractivity contribution is 5.08. The van der Waals surface area contributed by atoms with Crippen molar-refractivity contribution in [3.8, 4) is 0 Å². The van der Waals surface area contributed by atoms with Crippen molar-refractivity contribution >= 4 is 0 Å². The summed E-state index contributed by atoms with van der Waals surface area (Å²) in [6.45, 7) is 5.78. The summed E-state index contributed by atoms with van der Waals surface area (Å²) in [5.74, 6) is 0. The van der Waals surface area contributed by atoms with Gasteiger partial charge in [-0.2, -0.15) is 0 Å². The molecule has 0 heterocycles. The number of hydrogen-bond acceptors (Lipinski definition) is 0. The van der Waals surface area contributed by atoms with Gasteiger partial charge < -0.3 is 0 Å². The summed E-state index contributed by atoms with van der Waals surface area (Å²) in [4.78, 5) is 0. The average Bonchev–Trinajstić information content (AvgIpc) is 1.97. The fourth-order valence-corrected chi connectivity index (χ4v) is 0.639. The third-order valence-corrected chi connectivity index (χ3v) is 1.22. The van der Waals surface area contributed by atoms with E-state index < -0.39 is 0 Å². The Bertz CT molecular complexity index is 118. The zero-order chi connectivity index (χ0) is 7.66. The minimum Gasteiger partial charge on any atom is -0.0991 e. The van der Waals surface area contributed by atoms with Crippen LogP contribution in [0.5, 0.6) is 0 Å². The first-order valence-electron chi connectivity index (χ1n) is 3.86. The Morgan fingerprint density at radius 2 is 2.00 bits per heavy atom. The Hall–Kier alpha value is -0.780. The summed E-state index contributed by atoms with van der Waals surface area (Å²) >= 11 is 0. The minimum atomic E-state index is 1.19. The van der Waals surface area contributed by atoms with E-state index in [1.807, 2.05) is 12.2 Å². The van der Waals surface area contributed by atoms with Crippen molar-refractivity contribution in [1.82, 2.24) is 0 Å². The molecule has 0 bridgehead atoms. The monoisotopic (exact) mass is 136 g/mol. The van der Waals surface area contributed by atoms with Crippen molar-refractivity contribution in [2.24, 2.45) is 0 Å². The lowest BCUT2D eigenvalue weighted by Crippen LogP contribution is -1.64. The van der Waals surface area contributed by atoms with E-state index in [1.165, 1.54) is 19.3 Å². The van der Waals surface area contributed by atoms with Crippen molar-refractivity contribution in [2.45, 2.75) is 26.2 Å². The van der Waals surface area contributed by atoms with Crippen LogP contribution in [0.3, 0.4) is 0 Å². The zero-order valence-corrected chi connectivity index (χ0v) is 6.72. The normalized spacial score (nSPS) is 11.3. The van der Waals surface area contributed by atoms with E-state index in [4.69, 9.17) is 0 Å².